The molecule has 5 nitrogen and oxygen atoms in total. The van der Waals surface area contributed by atoms with Crippen LogP contribution in [0, 0.1) is 0 Å². The normalized spacial score (nSPS) is 10.4. The second kappa shape index (κ2) is 6.58. The second-order valence-corrected chi connectivity index (χ2v) is 5.27. The molecule has 0 unspecified atom stereocenters. The number of carbonyl (C=O) groups is 1. The molecule has 0 saturated carbocycles. The van der Waals surface area contributed by atoms with Crippen LogP contribution >= 0.6 is 12.2 Å². The Morgan fingerprint density at radius 3 is 2.81 bits per heavy atom. The predicted molar refractivity (Wildman–Crippen MR) is 86.8 cm³/mol. The van der Waals surface area contributed by atoms with Crippen molar-refractivity contribution < 1.29 is 4.79 Å². The number of aromatic nitrogens is 3. The van der Waals surface area contributed by atoms with Crippen molar-refractivity contribution in [2.24, 2.45) is 7.05 Å². The van der Waals surface area contributed by atoms with Crippen molar-refractivity contribution in [3.05, 3.63) is 42.2 Å². The van der Waals surface area contributed by atoms with Crippen LogP contribution in [0.15, 0.2) is 30.7 Å². The maximum absolute atomic E-state index is 12.6. The van der Waals surface area contributed by atoms with Gasteiger partial charge >= 0.3 is 0 Å². The Kier molecular flexibility index (Phi) is 4.80. The number of hydrogen-bond acceptors (Lipinski definition) is 4. The van der Waals surface area contributed by atoms with Gasteiger partial charge in [-0.15, -0.1) is 0 Å². The van der Waals surface area contributed by atoms with Crippen molar-refractivity contribution in [1.29, 1.82) is 0 Å². The van der Waals surface area contributed by atoms with Crippen molar-refractivity contribution in [3.8, 4) is 0 Å². The van der Waals surface area contributed by atoms with E-state index in [-0.39, 0.29) is 5.91 Å². The number of thiocarbonyl (C=S) groups is 1. The first kappa shape index (κ1) is 15.3. The van der Waals surface area contributed by atoms with Crippen LogP contribution in [0.3, 0.4) is 0 Å². The van der Waals surface area contributed by atoms with Crippen LogP contribution in [-0.4, -0.2) is 32.4 Å². The highest BCUT2D eigenvalue weighted by atomic mass is 32.1. The molecule has 2 rings (SSSR count). The third-order valence-corrected chi connectivity index (χ3v) is 3.66. The molecule has 0 aromatic carbocycles. The molecule has 21 heavy (non-hydrogen) atoms. The molecule has 0 bridgehead atoms. The smallest absolute Gasteiger partial charge is 0.276 e. The molecule has 2 aromatic rings. The summed E-state index contributed by atoms with van der Waals surface area (Å²) in [5.74, 6) is 0.554. The molecule has 0 radical (unpaired) electrons. The number of amides is 1. The van der Waals surface area contributed by atoms with Gasteiger partial charge in [0.15, 0.2) is 0 Å². The Hall–Kier alpha value is -2.08. The van der Waals surface area contributed by atoms with Gasteiger partial charge in [0.1, 0.15) is 11.5 Å². The lowest BCUT2D eigenvalue weighted by Gasteiger charge is -2.17. The summed E-state index contributed by atoms with van der Waals surface area (Å²) in [7, 11) is 3.53. The molecule has 6 heteroatoms. The first-order chi connectivity index (χ1) is 10.1. The molecule has 0 atom stereocenters. The number of nitrogens with zero attached hydrogens (tertiary/aromatic N) is 4. The van der Waals surface area contributed by atoms with Gasteiger partial charge in [0.25, 0.3) is 5.91 Å². The van der Waals surface area contributed by atoms with E-state index in [1.807, 2.05) is 13.1 Å². The van der Waals surface area contributed by atoms with Gasteiger partial charge in [-0.05, 0) is 18.6 Å². The minimum atomic E-state index is -0.136. The average Bonchev–Trinajstić information content (AvgIpc) is 2.88. The molecule has 2 aromatic heterocycles. The molecule has 0 aliphatic rings. The number of rotatable bonds is 5. The van der Waals surface area contributed by atoms with E-state index in [0.29, 0.717) is 11.5 Å². The van der Waals surface area contributed by atoms with E-state index in [0.717, 1.165) is 23.4 Å². The standard InChI is InChI=1S/C15H18N4OS/c1-4-6-13(21)14-17-10-12(19(14)3)15(20)18(2)11-7-5-8-16-9-11/h5,7-10H,4,6H2,1-3H3. The fourth-order valence-corrected chi connectivity index (χ4v) is 2.44. The summed E-state index contributed by atoms with van der Waals surface area (Å²) < 4.78 is 1.76. The molecular formula is C15H18N4OS. The highest BCUT2D eigenvalue weighted by Crippen LogP contribution is 2.15. The van der Waals surface area contributed by atoms with Crippen molar-refractivity contribution in [2.45, 2.75) is 19.8 Å². The Morgan fingerprint density at radius 2 is 2.19 bits per heavy atom. The van der Waals surface area contributed by atoms with Gasteiger partial charge < -0.3 is 9.47 Å². The molecule has 0 spiro atoms. The molecule has 0 saturated heterocycles. The van der Waals surface area contributed by atoms with Gasteiger partial charge in [-0.25, -0.2) is 4.98 Å². The van der Waals surface area contributed by atoms with E-state index in [4.69, 9.17) is 12.2 Å². The van der Waals surface area contributed by atoms with Gasteiger partial charge in [-0.1, -0.05) is 25.6 Å². The molecule has 1 amide bonds. The fraction of sp³-hybridized carbons (Fsp3) is 0.333. The maximum atomic E-state index is 12.6. The van der Waals surface area contributed by atoms with Gasteiger partial charge in [-0.3, -0.25) is 9.78 Å². The fourth-order valence-electron chi connectivity index (χ4n) is 2.05. The zero-order valence-corrected chi connectivity index (χ0v) is 13.2. The molecule has 2 heterocycles. The summed E-state index contributed by atoms with van der Waals surface area (Å²) >= 11 is 5.35. The van der Waals surface area contributed by atoms with Gasteiger partial charge in [0.2, 0.25) is 0 Å². The maximum Gasteiger partial charge on any atom is 0.276 e. The Bertz CT molecular complexity index is 651. The summed E-state index contributed by atoms with van der Waals surface area (Å²) in [6.45, 7) is 2.07. The summed E-state index contributed by atoms with van der Waals surface area (Å²) in [6, 6.07) is 3.63. The lowest BCUT2D eigenvalue weighted by Crippen LogP contribution is -2.28. The van der Waals surface area contributed by atoms with E-state index in [2.05, 4.69) is 16.9 Å². The monoisotopic (exact) mass is 302 g/mol. The van der Waals surface area contributed by atoms with E-state index in [1.54, 1.807) is 41.2 Å². The number of hydrogen-bond donors (Lipinski definition) is 0. The third-order valence-electron chi connectivity index (χ3n) is 3.27. The molecule has 110 valence electrons. The quantitative estimate of drug-likeness (QED) is 0.629. The highest BCUT2D eigenvalue weighted by Gasteiger charge is 2.20. The molecular weight excluding hydrogens is 284 g/mol. The first-order valence-corrected chi connectivity index (χ1v) is 7.20. The Balaban J connectivity index is 2.26. The highest BCUT2D eigenvalue weighted by molar-refractivity contribution is 7.80. The van der Waals surface area contributed by atoms with Crippen LogP contribution in [0.25, 0.3) is 0 Å². The lowest BCUT2D eigenvalue weighted by molar-refractivity contribution is 0.0985. The third kappa shape index (κ3) is 3.16. The Labute approximate surface area is 129 Å². The molecule has 0 aliphatic carbocycles. The lowest BCUT2D eigenvalue weighted by atomic mass is 10.2. The first-order valence-electron chi connectivity index (χ1n) is 6.79. The van der Waals surface area contributed by atoms with Crippen LogP contribution < -0.4 is 4.90 Å². The van der Waals surface area contributed by atoms with E-state index in [9.17, 15) is 4.79 Å². The minimum Gasteiger partial charge on any atom is -0.323 e. The van der Waals surface area contributed by atoms with E-state index < -0.39 is 0 Å². The summed E-state index contributed by atoms with van der Waals surface area (Å²) in [5.41, 5.74) is 1.25. The van der Waals surface area contributed by atoms with Crippen molar-refractivity contribution in [2.75, 3.05) is 11.9 Å². The van der Waals surface area contributed by atoms with Crippen molar-refractivity contribution >= 4 is 28.7 Å². The SMILES string of the molecule is CCCC(=S)c1ncc(C(=O)N(C)c2cccnc2)n1C. The number of anilines is 1. The predicted octanol–water partition coefficient (Wildman–Crippen LogP) is 2.61. The van der Waals surface area contributed by atoms with Crippen LogP contribution in [0.1, 0.15) is 36.1 Å². The zero-order chi connectivity index (χ0) is 15.4. The van der Waals surface area contributed by atoms with Crippen molar-refractivity contribution in [3.63, 3.8) is 0 Å². The summed E-state index contributed by atoms with van der Waals surface area (Å²) in [6.07, 6.45) is 6.66. The molecule has 0 N–H and O–H groups in total. The van der Waals surface area contributed by atoms with Crippen LogP contribution in [0.2, 0.25) is 0 Å². The van der Waals surface area contributed by atoms with Crippen LogP contribution in [-0.2, 0) is 7.05 Å². The van der Waals surface area contributed by atoms with E-state index in [1.165, 1.54) is 0 Å². The molecule has 0 fully saturated rings. The topological polar surface area (TPSA) is 51.0 Å². The largest absolute Gasteiger partial charge is 0.323 e. The second-order valence-electron chi connectivity index (χ2n) is 4.77. The zero-order valence-electron chi connectivity index (χ0n) is 12.4. The van der Waals surface area contributed by atoms with Gasteiger partial charge in [0.05, 0.1) is 22.9 Å². The summed E-state index contributed by atoms with van der Waals surface area (Å²) in [5, 5.41) is 0. The van der Waals surface area contributed by atoms with Crippen molar-refractivity contribution in [1.82, 2.24) is 14.5 Å². The van der Waals surface area contributed by atoms with Crippen LogP contribution in [0.5, 0.6) is 0 Å². The van der Waals surface area contributed by atoms with Gasteiger partial charge in [-0.2, -0.15) is 0 Å². The van der Waals surface area contributed by atoms with E-state index >= 15 is 0 Å². The van der Waals surface area contributed by atoms with Crippen LogP contribution in [0.4, 0.5) is 5.69 Å². The average molecular weight is 302 g/mol. The number of imidazole rings is 1. The summed E-state index contributed by atoms with van der Waals surface area (Å²) in [4.78, 5) is 23.2. The number of pyridine rings is 1. The number of carbonyl (C=O) groups excluding carboxylic acids is 1. The van der Waals surface area contributed by atoms with Gasteiger partial charge in [0, 0.05) is 20.3 Å². The molecule has 0 aliphatic heterocycles. The minimum absolute atomic E-state index is 0.136. The Morgan fingerprint density at radius 1 is 1.43 bits per heavy atom.